The Labute approximate surface area is 273 Å². The number of phenolic OH excluding ortho intramolecular Hbond substituents is 1. The first kappa shape index (κ1) is 30.6. The van der Waals surface area contributed by atoms with E-state index < -0.39 is 0 Å². The first-order chi connectivity index (χ1) is 20.8. The number of aromatic nitrogens is 2. The molecule has 218 valence electrons. The Kier molecular flexibility index (Phi) is 8.90. The molecular formula is C39H30N3OPt-. The fourth-order valence-corrected chi connectivity index (χ4v) is 5.17. The van der Waals surface area contributed by atoms with Gasteiger partial charge in [-0.15, -0.1) is 24.3 Å². The molecule has 1 N–H and O–H groups in total. The van der Waals surface area contributed by atoms with Crippen LogP contribution in [0.1, 0.15) is 26.3 Å². The molecule has 0 fully saturated rings. The van der Waals surface area contributed by atoms with Gasteiger partial charge >= 0.3 is 0 Å². The van der Waals surface area contributed by atoms with Gasteiger partial charge in [0.25, 0.3) is 0 Å². The van der Waals surface area contributed by atoms with E-state index in [1.165, 1.54) is 5.56 Å². The van der Waals surface area contributed by atoms with Crippen molar-refractivity contribution in [2.75, 3.05) is 0 Å². The predicted octanol–water partition coefficient (Wildman–Crippen LogP) is 10.2. The molecule has 0 amide bonds. The van der Waals surface area contributed by atoms with Gasteiger partial charge < -0.3 is 5.11 Å². The molecule has 44 heavy (non-hydrogen) atoms. The summed E-state index contributed by atoms with van der Waals surface area (Å²) in [4.78, 5) is 13.2. The van der Waals surface area contributed by atoms with Crippen molar-refractivity contribution in [1.82, 2.24) is 9.97 Å². The Morgan fingerprint density at radius 1 is 0.659 bits per heavy atom. The van der Waals surface area contributed by atoms with Crippen LogP contribution in [0.15, 0.2) is 121 Å². The van der Waals surface area contributed by atoms with Gasteiger partial charge in [-0.1, -0.05) is 105 Å². The fourth-order valence-electron chi connectivity index (χ4n) is 5.17. The van der Waals surface area contributed by atoms with Crippen LogP contribution in [0.3, 0.4) is 0 Å². The molecule has 6 rings (SSSR count). The number of rotatable bonds is 5. The smallest absolute Gasteiger partial charge is 0.187 e. The maximum Gasteiger partial charge on any atom is 0.187 e. The summed E-state index contributed by atoms with van der Waals surface area (Å²) in [6.07, 6.45) is 1.85. The van der Waals surface area contributed by atoms with Gasteiger partial charge in [0.1, 0.15) is 5.75 Å². The van der Waals surface area contributed by atoms with Crippen molar-refractivity contribution in [2.45, 2.75) is 26.2 Å². The molecule has 0 spiro atoms. The van der Waals surface area contributed by atoms with E-state index in [9.17, 15) is 5.11 Å². The number of hydrogen-bond acceptors (Lipinski definition) is 3. The zero-order valence-corrected chi connectivity index (χ0v) is 26.9. The zero-order chi connectivity index (χ0) is 30.0. The second-order valence-electron chi connectivity index (χ2n) is 11.5. The third kappa shape index (κ3) is 6.40. The van der Waals surface area contributed by atoms with Crippen LogP contribution in [-0.4, -0.2) is 15.1 Å². The largest absolute Gasteiger partial charge is 0.507 e. The topological polar surface area (TPSA) is 50.4 Å². The average molecular weight is 752 g/mol. The number of nitrogens with zero attached hydrogens (tertiary/aromatic N) is 3. The second-order valence-corrected chi connectivity index (χ2v) is 11.5. The minimum absolute atomic E-state index is 0. The van der Waals surface area contributed by atoms with E-state index in [0.29, 0.717) is 16.9 Å². The minimum Gasteiger partial charge on any atom is -0.507 e. The number of aromatic hydroxyl groups is 1. The number of benzene rings is 4. The summed E-state index contributed by atoms with van der Waals surface area (Å²) in [5, 5.41) is 10.8. The van der Waals surface area contributed by atoms with E-state index in [1.807, 2.05) is 85.1 Å². The Hall–Kier alpha value is -4.84. The molecule has 0 aliphatic rings. The van der Waals surface area contributed by atoms with Gasteiger partial charge in [-0.3, -0.25) is 9.97 Å². The summed E-state index contributed by atoms with van der Waals surface area (Å²) >= 11 is 0. The Bertz CT molecular complexity index is 1990. The number of para-hydroxylation sites is 1. The van der Waals surface area contributed by atoms with Gasteiger partial charge in [-0.05, 0) is 57.5 Å². The maximum atomic E-state index is 10.8. The van der Waals surface area contributed by atoms with Gasteiger partial charge in [0.05, 0.1) is 12.3 Å². The molecule has 4 nitrogen and oxygen atoms in total. The van der Waals surface area contributed by atoms with Crippen molar-refractivity contribution in [2.24, 2.45) is 0 Å². The quantitative estimate of drug-likeness (QED) is 0.179. The molecule has 5 heteroatoms. The molecule has 0 saturated heterocycles. The van der Waals surface area contributed by atoms with Crippen molar-refractivity contribution < 1.29 is 26.2 Å². The van der Waals surface area contributed by atoms with Crippen molar-refractivity contribution in [3.05, 3.63) is 145 Å². The molecule has 4 aromatic carbocycles. The normalized spacial score (nSPS) is 11.0. The molecule has 0 unspecified atom stereocenters. The predicted molar refractivity (Wildman–Crippen MR) is 175 cm³/mol. The van der Waals surface area contributed by atoms with Gasteiger partial charge in [0, 0.05) is 44.2 Å². The fraction of sp³-hybridized carbons (Fsp3) is 0.103. The van der Waals surface area contributed by atoms with Crippen LogP contribution in [0.5, 0.6) is 5.75 Å². The van der Waals surface area contributed by atoms with Crippen LogP contribution >= 0.6 is 0 Å². The van der Waals surface area contributed by atoms with Crippen molar-refractivity contribution in [3.8, 4) is 61.8 Å². The van der Waals surface area contributed by atoms with E-state index in [1.54, 1.807) is 6.07 Å². The van der Waals surface area contributed by atoms with Crippen LogP contribution in [0.2, 0.25) is 0 Å². The van der Waals surface area contributed by atoms with Gasteiger partial charge in [0.2, 0.25) is 0 Å². The summed E-state index contributed by atoms with van der Waals surface area (Å²) in [6, 6.07) is 41.0. The molecule has 6 aromatic rings. The monoisotopic (exact) mass is 751 g/mol. The molecule has 0 bridgehead atoms. The van der Waals surface area contributed by atoms with Gasteiger partial charge in [-0.2, -0.15) is 0 Å². The molecule has 2 aromatic heterocycles. The molecular weight excluding hydrogens is 722 g/mol. The van der Waals surface area contributed by atoms with Crippen LogP contribution in [0.4, 0.5) is 5.69 Å². The van der Waals surface area contributed by atoms with Crippen molar-refractivity contribution in [1.29, 1.82) is 0 Å². The molecule has 2 heterocycles. The van der Waals surface area contributed by atoms with Crippen LogP contribution in [-0.2, 0) is 26.5 Å². The van der Waals surface area contributed by atoms with Crippen LogP contribution < -0.4 is 0 Å². The summed E-state index contributed by atoms with van der Waals surface area (Å²) in [6.45, 7) is 13.9. The zero-order valence-electron chi connectivity index (χ0n) is 24.7. The third-order valence-corrected chi connectivity index (χ3v) is 7.52. The average Bonchev–Trinajstić information content (AvgIpc) is 3.04. The Morgan fingerprint density at radius 2 is 1.27 bits per heavy atom. The Balaban J connectivity index is 0.00000384. The van der Waals surface area contributed by atoms with E-state index in [0.717, 1.165) is 44.8 Å². The second kappa shape index (κ2) is 12.8. The molecule has 0 radical (unpaired) electrons. The number of pyridine rings is 2. The summed E-state index contributed by atoms with van der Waals surface area (Å²) < 4.78 is 0. The number of hydrogen-bond donors (Lipinski definition) is 1. The third-order valence-electron chi connectivity index (χ3n) is 7.52. The van der Waals surface area contributed by atoms with Gasteiger partial charge in [-0.25, -0.2) is 4.85 Å². The van der Waals surface area contributed by atoms with Crippen molar-refractivity contribution in [3.63, 3.8) is 0 Å². The van der Waals surface area contributed by atoms with E-state index >= 15 is 0 Å². The Morgan fingerprint density at radius 3 is 1.93 bits per heavy atom. The summed E-state index contributed by atoms with van der Waals surface area (Å²) in [5.41, 5.74) is 10.5. The van der Waals surface area contributed by atoms with E-state index in [-0.39, 0.29) is 32.2 Å². The van der Waals surface area contributed by atoms with E-state index in [4.69, 9.17) is 11.6 Å². The maximum absolute atomic E-state index is 10.8. The standard InChI is InChI=1S/C39H30N3O.Pt/c1-39(2,3)30-20-21-41-35(25-30)27-10-9-11-28(22-27)36-23-29(24-37(42-36)34-14-7-8-15-38(34)43)33-13-6-5-12-32(33)26-16-18-31(40-4)19-17-26;/h5-21,23-25,43H,1-3H3;/q-1;. The van der Waals surface area contributed by atoms with Crippen LogP contribution in [0, 0.1) is 12.6 Å². The minimum atomic E-state index is 0. The first-order valence-corrected chi connectivity index (χ1v) is 14.2. The molecule has 0 aliphatic carbocycles. The molecule has 0 aliphatic heterocycles. The van der Waals surface area contributed by atoms with Crippen molar-refractivity contribution >= 4 is 5.69 Å². The van der Waals surface area contributed by atoms with Crippen LogP contribution in [0.25, 0.3) is 60.9 Å². The first-order valence-electron chi connectivity index (χ1n) is 14.2. The summed E-state index contributed by atoms with van der Waals surface area (Å²) in [7, 11) is 0. The number of phenols is 1. The SMILES string of the molecule is [C-]#[N+]c1ccc(-c2ccccc2-c2cc(-c3[c-]c(-c4cc(C(C)(C)C)ccn4)ccc3)nc(-c3ccccc3O)c2)cc1.[Pt]. The van der Waals surface area contributed by atoms with Gasteiger partial charge in [0.15, 0.2) is 5.69 Å². The molecule has 0 atom stereocenters. The van der Waals surface area contributed by atoms with E-state index in [2.05, 4.69) is 67.0 Å². The summed E-state index contributed by atoms with van der Waals surface area (Å²) in [5.74, 6) is 0.169. The molecule has 0 saturated carbocycles.